The molecule has 0 rings (SSSR count). The molecule has 0 fully saturated rings. The Morgan fingerprint density at radius 2 is 1.83 bits per heavy atom. The van der Waals surface area contributed by atoms with Gasteiger partial charge in [0.1, 0.15) is 5.60 Å². The third kappa shape index (κ3) is 5.70. The zero-order valence-electron chi connectivity index (χ0n) is 12.1. The molecule has 0 aliphatic rings. The van der Waals surface area contributed by atoms with Crippen molar-refractivity contribution < 1.29 is 19.1 Å². The summed E-state index contributed by atoms with van der Waals surface area (Å²) in [6.07, 6.45) is -0.424. The average molecular weight is 257 g/mol. The van der Waals surface area contributed by atoms with Gasteiger partial charge in [0.05, 0.1) is 7.11 Å². The summed E-state index contributed by atoms with van der Waals surface area (Å²) in [5.74, 6) is -0.643. The van der Waals surface area contributed by atoms with Crippen molar-refractivity contribution in [3.05, 3.63) is 12.2 Å². The first kappa shape index (κ1) is 16.5. The first-order valence-corrected chi connectivity index (χ1v) is 5.79. The highest BCUT2D eigenvalue weighted by molar-refractivity contribution is 5.88. The van der Waals surface area contributed by atoms with Crippen molar-refractivity contribution in [3.63, 3.8) is 0 Å². The molecule has 1 unspecified atom stereocenters. The molecule has 0 saturated heterocycles. The lowest BCUT2D eigenvalue weighted by atomic mass is 10.0. The first-order chi connectivity index (χ1) is 8.08. The highest BCUT2D eigenvalue weighted by atomic mass is 16.6. The van der Waals surface area contributed by atoms with Crippen LogP contribution in [0.3, 0.4) is 0 Å². The number of nitrogens with zero attached hydrogens (tertiary/aromatic N) is 1. The molecule has 5 nitrogen and oxygen atoms in total. The normalized spacial score (nSPS) is 12.6. The number of methoxy groups -OCH3 is 1. The van der Waals surface area contributed by atoms with Crippen LogP contribution >= 0.6 is 0 Å². The van der Waals surface area contributed by atoms with Gasteiger partial charge in [-0.2, -0.15) is 0 Å². The third-order valence-electron chi connectivity index (χ3n) is 2.30. The number of rotatable bonds is 4. The number of esters is 1. The lowest BCUT2D eigenvalue weighted by molar-refractivity contribution is -0.136. The Morgan fingerprint density at radius 1 is 1.33 bits per heavy atom. The minimum absolute atomic E-state index is 0.185. The summed E-state index contributed by atoms with van der Waals surface area (Å²) in [6, 6.07) is 0. The molecular weight excluding hydrogens is 234 g/mol. The van der Waals surface area contributed by atoms with E-state index in [1.54, 1.807) is 34.7 Å². The van der Waals surface area contributed by atoms with Gasteiger partial charge in [-0.3, -0.25) is 0 Å². The van der Waals surface area contributed by atoms with Crippen LogP contribution in [0.5, 0.6) is 0 Å². The Bertz CT molecular complexity index is 330. The van der Waals surface area contributed by atoms with E-state index in [9.17, 15) is 9.59 Å². The number of carbonyl (C=O) groups excluding carboxylic acids is 2. The summed E-state index contributed by atoms with van der Waals surface area (Å²) >= 11 is 0. The van der Waals surface area contributed by atoms with Gasteiger partial charge in [0.2, 0.25) is 0 Å². The van der Waals surface area contributed by atoms with Gasteiger partial charge in [-0.05, 0) is 20.8 Å². The fourth-order valence-electron chi connectivity index (χ4n) is 1.27. The number of hydrogen-bond donors (Lipinski definition) is 0. The highest BCUT2D eigenvalue weighted by Gasteiger charge is 2.23. The van der Waals surface area contributed by atoms with Crippen LogP contribution < -0.4 is 0 Å². The Morgan fingerprint density at radius 3 is 2.22 bits per heavy atom. The zero-order valence-corrected chi connectivity index (χ0v) is 12.1. The molecule has 0 aromatic carbocycles. The van der Waals surface area contributed by atoms with Gasteiger partial charge in [-0.15, -0.1) is 0 Å². The predicted octanol–water partition coefficient (Wildman–Crippen LogP) is 2.22. The molecule has 18 heavy (non-hydrogen) atoms. The van der Waals surface area contributed by atoms with Crippen molar-refractivity contribution >= 4 is 12.1 Å². The molecule has 0 aliphatic heterocycles. The first-order valence-electron chi connectivity index (χ1n) is 5.79. The predicted molar refractivity (Wildman–Crippen MR) is 69.2 cm³/mol. The zero-order chi connectivity index (χ0) is 14.5. The fraction of sp³-hybridized carbons (Fsp3) is 0.692. The Kier molecular flexibility index (Phi) is 5.88. The second-order valence-corrected chi connectivity index (χ2v) is 5.28. The summed E-state index contributed by atoms with van der Waals surface area (Å²) in [5, 5.41) is 0. The number of hydrogen-bond acceptors (Lipinski definition) is 4. The maximum Gasteiger partial charge on any atom is 0.410 e. The SMILES string of the molecule is C=C(C(=O)OC)C(C)CN(C)C(=O)OC(C)(C)C. The van der Waals surface area contributed by atoms with Gasteiger partial charge in [-0.25, -0.2) is 9.59 Å². The van der Waals surface area contributed by atoms with Crippen LogP contribution in [0.1, 0.15) is 27.7 Å². The van der Waals surface area contributed by atoms with Crippen LogP contribution in [-0.4, -0.2) is 43.3 Å². The Balaban J connectivity index is 4.39. The van der Waals surface area contributed by atoms with Crippen LogP contribution in [0.4, 0.5) is 4.79 Å². The van der Waals surface area contributed by atoms with Gasteiger partial charge in [-0.1, -0.05) is 13.5 Å². The van der Waals surface area contributed by atoms with Crippen molar-refractivity contribution in [1.82, 2.24) is 4.90 Å². The molecule has 0 bridgehead atoms. The molecule has 0 aromatic heterocycles. The molecule has 0 aromatic rings. The lowest BCUT2D eigenvalue weighted by Crippen LogP contribution is -2.37. The third-order valence-corrected chi connectivity index (χ3v) is 2.30. The smallest absolute Gasteiger partial charge is 0.410 e. The van der Waals surface area contributed by atoms with Crippen molar-refractivity contribution in [1.29, 1.82) is 0 Å². The van der Waals surface area contributed by atoms with Crippen molar-refractivity contribution in [3.8, 4) is 0 Å². The molecule has 0 heterocycles. The van der Waals surface area contributed by atoms with E-state index < -0.39 is 17.7 Å². The molecule has 0 saturated carbocycles. The van der Waals surface area contributed by atoms with E-state index in [0.29, 0.717) is 12.1 Å². The second-order valence-electron chi connectivity index (χ2n) is 5.28. The number of ether oxygens (including phenoxy) is 2. The maximum absolute atomic E-state index is 11.7. The fourth-order valence-corrected chi connectivity index (χ4v) is 1.27. The van der Waals surface area contributed by atoms with Crippen molar-refractivity contribution in [2.24, 2.45) is 5.92 Å². The molecule has 0 spiro atoms. The van der Waals surface area contributed by atoms with Crippen LogP contribution in [0.15, 0.2) is 12.2 Å². The molecule has 104 valence electrons. The van der Waals surface area contributed by atoms with E-state index in [0.717, 1.165) is 0 Å². The molecule has 0 aliphatic carbocycles. The summed E-state index contributed by atoms with van der Waals surface area (Å²) in [5.41, 5.74) is -0.193. The number of amides is 1. The van der Waals surface area contributed by atoms with Gasteiger partial charge in [0.25, 0.3) is 0 Å². The standard InChI is InChI=1S/C13H23NO4/c1-9(10(2)11(15)17-7)8-14(6)12(16)18-13(3,4)5/h9H,2,8H2,1,3-7H3. The summed E-state index contributed by atoms with van der Waals surface area (Å²) < 4.78 is 9.79. The maximum atomic E-state index is 11.7. The second kappa shape index (κ2) is 6.42. The molecule has 1 atom stereocenters. The highest BCUT2D eigenvalue weighted by Crippen LogP contribution is 2.14. The topological polar surface area (TPSA) is 55.8 Å². The largest absolute Gasteiger partial charge is 0.466 e. The van der Waals surface area contributed by atoms with E-state index >= 15 is 0 Å². The molecule has 1 amide bonds. The van der Waals surface area contributed by atoms with Crippen LogP contribution in [-0.2, 0) is 14.3 Å². The Hall–Kier alpha value is -1.52. The molecule has 5 heteroatoms. The van der Waals surface area contributed by atoms with E-state index in [2.05, 4.69) is 11.3 Å². The average Bonchev–Trinajstić information content (AvgIpc) is 2.24. The minimum Gasteiger partial charge on any atom is -0.466 e. The van der Waals surface area contributed by atoms with E-state index in [4.69, 9.17) is 4.74 Å². The van der Waals surface area contributed by atoms with Gasteiger partial charge >= 0.3 is 12.1 Å². The van der Waals surface area contributed by atoms with Gasteiger partial charge in [0.15, 0.2) is 0 Å². The molecular formula is C13H23NO4. The molecule has 0 N–H and O–H groups in total. The van der Waals surface area contributed by atoms with E-state index in [1.807, 2.05) is 0 Å². The number of carbonyl (C=O) groups is 2. The summed E-state index contributed by atoms with van der Waals surface area (Å²) in [6.45, 7) is 11.2. The van der Waals surface area contributed by atoms with Crippen LogP contribution in [0, 0.1) is 5.92 Å². The molecule has 0 radical (unpaired) electrons. The van der Waals surface area contributed by atoms with E-state index in [1.165, 1.54) is 12.0 Å². The van der Waals surface area contributed by atoms with Gasteiger partial charge < -0.3 is 14.4 Å². The van der Waals surface area contributed by atoms with E-state index in [-0.39, 0.29) is 5.92 Å². The monoisotopic (exact) mass is 257 g/mol. The summed E-state index contributed by atoms with van der Waals surface area (Å²) in [7, 11) is 2.92. The quantitative estimate of drug-likeness (QED) is 0.572. The minimum atomic E-state index is -0.534. The van der Waals surface area contributed by atoms with Gasteiger partial charge in [0, 0.05) is 25.1 Å². The van der Waals surface area contributed by atoms with Crippen molar-refractivity contribution in [2.45, 2.75) is 33.3 Å². The van der Waals surface area contributed by atoms with Crippen LogP contribution in [0.25, 0.3) is 0 Å². The van der Waals surface area contributed by atoms with Crippen LogP contribution in [0.2, 0.25) is 0 Å². The summed E-state index contributed by atoms with van der Waals surface area (Å²) in [4.78, 5) is 24.4. The lowest BCUT2D eigenvalue weighted by Gasteiger charge is -2.26. The Labute approximate surface area is 109 Å². The van der Waals surface area contributed by atoms with Crippen molar-refractivity contribution in [2.75, 3.05) is 20.7 Å².